The third-order valence-corrected chi connectivity index (χ3v) is 6.89. The lowest BCUT2D eigenvalue weighted by Crippen LogP contribution is -2.30. The van der Waals surface area contributed by atoms with Crippen LogP contribution in [0.15, 0.2) is 89.4 Å². The third kappa shape index (κ3) is 3.04. The highest BCUT2D eigenvalue weighted by Gasteiger charge is 2.45. The first-order valence-corrected chi connectivity index (χ1v) is 11.3. The van der Waals surface area contributed by atoms with Crippen molar-refractivity contribution in [3.05, 3.63) is 128 Å². The summed E-state index contributed by atoms with van der Waals surface area (Å²) in [5, 5.41) is 0. The van der Waals surface area contributed by atoms with E-state index in [9.17, 15) is 0 Å². The molecule has 0 saturated carbocycles. The van der Waals surface area contributed by atoms with Gasteiger partial charge < -0.3 is 0 Å². The Balaban J connectivity index is 1.91. The molecule has 4 aromatic carbocycles. The predicted molar refractivity (Wildman–Crippen MR) is 130 cm³/mol. The Morgan fingerprint density at radius 1 is 0.633 bits per heavy atom. The SMILES string of the molecule is Cc1cc(C)cc(C2(Cc3ccccc3)c3cc(C)ccc3-c3ccc(Br)cc32)c1. The minimum atomic E-state index is -0.210. The van der Waals surface area contributed by atoms with Crippen LogP contribution < -0.4 is 0 Å². The molecule has 1 aliphatic carbocycles. The quantitative estimate of drug-likeness (QED) is 0.295. The normalized spacial score (nSPS) is 16.9. The summed E-state index contributed by atoms with van der Waals surface area (Å²) < 4.78 is 1.13. The molecule has 0 saturated heterocycles. The second kappa shape index (κ2) is 7.25. The molecule has 5 rings (SSSR count). The first-order valence-electron chi connectivity index (χ1n) is 10.5. The number of halogens is 1. The average Bonchev–Trinajstić information content (AvgIpc) is 2.97. The van der Waals surface area contributed by atoms with Gasteiger partial charge >= 0.3 is 0 Å². The second-order valence-electron chi connectivity index (χ2n) is 8.68. The van der Waals surface area contributed by atoms with Crippen LogP contribution in [0, 0.1) is 20.8 Å². The van der Waals surface area contributed by atoms with E-state index in [-0.39, 0.29) is 5.41 Å². The van der Waals surface area contributed by atoms with E-state index < -0.39 is 0 Å². The van der Waals surface area contributed by atoms with Crippen LogP contribution >= 0.6 is 15.9 Å². The number of hydrogen-bond donors (Lipinski definition) is 0. The highest BCUT2D eigenvalue weighted by Crippen LogP contribution is 2.55. The molecule has 30 heavy (non-hydrogen) atoms. The number of hydrogen-bond acceptors (Lipinski definition) is 0. The summed E-state index contributed by atoms with van der Waals surface area (Å²) in [7, 11) is 0. The molecule has 0 bridgehead atoms. The first-order chi connectivity index (χ1) is 14.5. The zero-order valence-electron chi connectivity index (χ0n) is 17.7. The van der Waals surface area contributed by atoms with E-state index in [2.05, 4.69) is 122 Å². The van der Waals surface area contributed by atoms with Crippen LogP contribution in [-0.2, 0) is 11.8 Å². The molecule has 0 aliphatic heterocycles. The van der Waals surface area contributed by atoms with Crippen LogP contribution in [-0.4, -0.2) is 0 Å². The summed E-state index contributed by atoms with van der Waals surface area (Å²) in [6.45, 7) is 6.62. The fourth-order valence-corrected chi connectivity index (χ4v) is 5.58. The molecule has 1 unspecified atom stereocenters. The average molecular weight is 453 g/mol. The lowest BCUT2D eigenvalue weighted by Gasteiger charge is -2.34. The van der Waals surface area contributed by atoms with Crippen LogP contribution in [0.5, 0.6) is 0 Å². The summed E-state index contributed by atoms with van der Waals surface area (Å²) in [5.41, 5.74) is 12.0. The van der Waals surface area contributed by atoms with Crippen LogP contribution in [0.4, 0.5) is 0 Å². The molecule has 1 aliphatic rings. The molecule has 148 valence electrons. The topological polar surface area (TPSA) is 0 Å². The van der Waals surface area contributed by atoms with Gasteiger partial charge in [-0.1, -0.05) is 105 Å². The van der Waals surface area contributed by atoms with Gasteiger partial charge in [0.1, 0.15) is 0 Å². The van der Waals surface area contributed by atoms with Crippen molar-refractivity contribution in [3.8, 4) is 11.1 Å². The largest absolute Gasteiger partial charge is 0.0622 e. The van der Waals surface area contributed by atoms with E-state index in [1.54, 1.807) is 0 Å². The van der Waals surface area contributed by atoms with Crippen molar-refractivity contribution in [2.75, 3.05) is 0 Å². The molecule has 0 heterocycles. The Morgan fingerprint density at radius 3 is 1.97 bits per heavy atom. The van der Waals surface area contributed by atoms with Crippen molar-refractivity contribution in [3.63, 3.8) is 0 Å². The van der Waals surface area contributed by atoms with Crippen LogP contribution in [0.25, 0.3) is 11.1 Å². The predicted octanol–water partition coefficient (Wildman–Crippen LogP) is 7.93. The van der Waals surface area contributed by atoms with Gasteiger partial charge in [-0.15, -0.1) is 0 Å². The minimum absolute atomic E-state index is 0.210. The third-order valence-electron chi connectivity index (χ3n) is 6.39. The van der Waals surface area contributed by atoms with Crippen molar-refractivity contribution >= 4 is 15.9 Å². The van der Waals surface area contributed by atoms with Crippen LogP contribution in [0.3, 0.4) is 0 Å². The maximum Gasteiger partial charge on any atom is 0.0504 e. The highest BCUT2D eigenvalue weighted by atomic mass is 79.9. The van der Waals surface area contributed by atoms with Gasteiger partial charge in [-0.05, 0) is 72.7 Å². The zero-order chi connectivity index (χ0) is 20.9. The van der Waals surface area contributed by atoms with Gasteiger partial charge in [0.05, 0.1) is 5.41 Å². The van der Waals surface area contributed by atoms with Gasteiger partial charge in [-0.3, -0.25) is 0 Å². The standard InChI is InChI=1S/C29H25Br/c1-19-9-11-25-26-12-10-24(30)17-28(26)29(27(25)16-19,18-22-7-5-4-6-8-22)23-14-20(2)13-21(3)15-23/h4-17H,18H2,1-3H3. The lowest BCUT2D eigenvalue weighted by molar-refractivity contribution is 0.627. The molecule has 0 radical (unpaired) electrons. The lowest BCUT2D eigenvalue weighted by atomic mass is 9.68. The van der Waals surface area contributed by atoms with Crippen molar-refractivity contribution in [2.24, 2.45) is 0 Å². The minimum Gasteiger partial charge on any atom is -0.0622 e. The highest BCUT2D eigenvalue weighted by molar-refractivity contribution is 9.10. The van der Waals surface area contributed by atoms with Crippen LogP contribution in [0.2, 0.25) is 0 Å². The summed E-state index contributed by atoms with van der Waals surface area (Å²) in [6, 6.07) is 31.7. The summed E-state index contributed by atoms with van der Waals surface area (Å²) >= 11 is 3.76. The van der Waals surface area contributed by atoms with E-state index in [4.69, 9.17) is 0 Å². The molecule has 1 atom stereocenters. The molecule has 0 spiro atoms. The Labute approximate surface area is 187 Å². The Bertz CT molecular complexity index is 1180. The van der Waals surface area contributed by atoms with Crippen molar-refractivity contribution in [1.29, 1.82) is 0 Å². The van der Waals surface area contributed by atoms with Crippen molar-refractivity contribution < 1.29 is 0 Å². The van der Waals surface area contributed by atoms with Gasteiger partial charge in [0, 0.05) is 4.47 Å². The fourth-order valence-electron chi connectivity index (χ4n) is 5.22. The molecular weight excluding hydrogens is 428 g/mol. The molecule has 0 amide bonds. The maximum absolute atomic E-state index is 3.76. The number of fused-ring (bicyclic) bond motifs is 3. The van der Waals surface area contributed by atoms with Gasteiger partial charge in [0.15, 0.2) is 0 Å². The zero-order valence-corrected chi connectivity index (χ0v) is 19.3. The summed E-state index contributed by atoms with van der Waals surface area (Å²) in [6.07, 6.45) is 0.941. The summed E-state index contributed by atoms with van der Waals surface area (Å²) in [4.78, 5) is 0. The first kappa shape index (κ1) is 19.3. The molecule has 0 aromatic heterocycles. The van der Waals surface area contributed by atoms with Crippen molar-refractivity contribution in [2.45, 2.75) is 32.6 Å². The van der Waals surface area contributed by atoms with Crippen molar-refractivity contribution in [1.82, 2.24) is 0 Å². The number of rotatable bonds is 3. The fraction of sp³-hybridized carbons (Fsp3) is 0.172. The van der Waals surface area contributed by atoms with Crippen LogP contribution in [0.1, 0.15) is 38.9 Å². The van der Waals surface area contributed by atoms with E-state index >= 15 is 0 Å². The summed E-state index contributed by atoms with van der Waals surface area (Å²) in [5.74, 6) is 0. The van der Waals surface area contributed by atoms with E-state index in [0.717, 1.165) is 10.9 Å². The molecule has 0 N–H and O–H groups in total. The molecule has 0 fully saturated rings. The Morgan fingerprint density at radius 2 is 1.27 bits per heavy atom. The van der Waals surface area contributed by atoms with Gasteiger partial charge in [-0.25, -0.2) is 0 Å². The van der Waals surface area contributed by atoms with Gasteiger partial charge in [0.2, 0.25) is 0 Å². The Hall–Kier alpha value is -2.64. The van der Waals surface area contributed by atoms with E-state index in [0.29, 0.717) is 0 Å². The molecular formula is C29H25Br. The maximum atomic E-state index is 3.76. The Kier molecular flexibility index (Phi) is 4.67. The second-order valence-corrected chi connectivity index (χ2v) is 9.60. The van der Waals surface area contributed by atoms with E-state index in [1.807, 2.05) is 0 Å². The van der Waals surface area contributed by atoms with E-state index in [1.165, 1.54) is 50.1 Å². The number of benzene rings is 4. The molecule has 4 aromatic rings. The van der Waals surface area contributed by atoms with Gasteiger partial charge in [-0.2, -0.15) is 0 Å². The number of aryl methyl sites for hydroxylation is 3. The van der Waals surface area contributed by atoms with Gasteiger partial charge in [0.25, 0.3) is 0 Å². The smallest absolute Gasteiger partial charge is 0.0504 e. The molecule has 0 nitrogen and oxygen atoms in total. The monoisotopic (exact) mass is 452 g/mol. The molecule has 1 heteroatoms.